The van der Waals surface area contributed by atoms with Crippen LogP contribution in [-0.2, 0) is 25.6 Å². The average Bonchev–Trinajstić information content (AvgIpc) is 2.18. The summed E-state index contributed by atoms with van der Waals surface area (Å²) in [6, 6.07) is 0. The molecular formula is C9H19O3PS. The van der Waals surface area contributed by atoms with Crippen LogP contribution in [0.4, 0.5) is 0 Å². The quantitative estimate of drug-likeness (QED) is 0.525. The molecule has 1 saturated heterocycles. The molecule has 0 aromatic rings. The number of ether oxygens (including phenoxy) is 1. The predicted molar refractivity (Wildman–Crippen MR) is 61.4 cm³/mol. The molecule has 0 saturated carbocycles. The highest BCUT2D eigenvalue weighted by Gasteiger charge is 2.21. The van der Waals surface area contributed by atoms with Gasteiger partial charge in [0.15, 0.2) is 6.49 Å². The topological polar surface area (TPSA) is 27.7 Å². The Morgan fingerprint density at radius 1 is 1.29 bits per heavy atom. The van der Waals surface area contributed by atoms with E-state index in [4.69, 9.17) is 25.6 Å². The Labute approximate surface area is 91.3 Å². The fourth-order valence-electron chi connectivity index (χ4n) is 1.16. The maximum Gasteiger partial charge on any atom is 0.191 e. The highest BCUT2D eigenvalue weighted by molar-refractivity contribution is 8.09. The highest BCUT2D eigenvalue weighted by atomic mass is 32.5. The van der Waals surface area contributed by atoms with Gasteiger partial charge in [-0.25, -0.2) is 0 Å². The molecule has 0 unspecified atom stereocenters. The van der Waals surface area contributed by atoms with Gasteiger partial charge in [0.1, 0.15) is 0 Å². The van der Waals surface area contributed by atoms with Gasteiger partial charge in [-0.1, -0.05) is 13.3 Å². The van der Waals surface area contributed by atoms with Gasteiger partial charge in [0.2, 0.25) is 0 Å². The Morgan fingerprint density at radius 3 is 2.64 bits per heavy atom. The smallest absolute Gasteiger partial charge is 0.191 e. The van der Waals surface area contributed by atoms with Gasteiger partial charge in [0.25, 0.3) is 0 Å². The number of hydrogen-bond donors (Lipinski definition) is 0. The molecular weight excluding hydrogens is 219 g/mol. The predicted octanol–water partition coefficient (Wildman–Crippen LogP) is 2.55. The Bertz CT molecular complexity index is 188. The van der Waals surface area contributed by atoms with Gasteiger partial charge >= 0.3 is 0 Å². The van der Waals surface area contributed by atoms with Crippen molar-refractivity contribution in [2.24, 2.45) is 0 Å². The lowest BCUT2D eigenvalue weighted by atomic mass is 10.4. The van der Waals surface area contributed by atoms with Crippen molar-refractivity contribution in [3.8, 4) is 0 Å². The van der Waals surface area contributed by atoms with E-state index in [0.717, 1.165) is 38.8 Å². The van der Waals surface area contributed by atoms with E-state index in [0.29, 0.717) is 6.61 Å². The van der Waals surface area contributed by atoms with Gasteiger partial charge in [-0.3, -0.25) is 0 Å². The average molecular weight is 238 g/mol. The van der Waals surface area contributed by atoms with Gasteiger partial charge in [0.05, 0.1) is 19.8 Å². The molecule has 0 radical (unpaired) electrons. The van der Waals surface area contributed by atoms with Gasteiger partial charge in [-0.05, 0) is 24.6 Å². The monoisotopic (exact) mass is 238 g/mol. The lowest BCUT2D eigenvalue weighted by Crippen LogP contribution is -2.13. The van der Waals surface area contributed by atoms with Crippen LogP contribution in [0.25, 0.3) is 0 Å². The van der Waals surface area contributed by atoms with E-state index in [2.05, 4.69) is 6.92 Å². The van der Waals surface area contributed by atoms with E-state index in [1.54, 1.807) is 0 Å². The molecule has 0 aromatic carbocycles. The second kappa shape index (κ2) is 6.91. The summed E-state index contributed by atoms with van der Waals surface area (Å²) in [6.07, 6.45) is 4.01. The van der Waals surface area contributed by atoms with Crippen molar-refractivity contribution in [2.75, 3.05) is 32.6 Å². The molecule has 1 aliphatic rings. The second-order valence-corrected chi connectivity index (χ2v) is 7.17. The van der Waals surface area contributed by atoms with Crippen LogP contribution < -0.4 is 0 Å². The molecule has 0 amide bonds. The number of rotatable bonds is 6. The Hall–Kier alpha value is 0.530. The first-order valence-electron chi connectivity index (χ1n) is 5.23. The molecule has 14 heavy (non-hydrogen) atoms. The minimum atomic E-state index is -1.95. The third-order valence-corrected chi connectivity index (χ3v) is 5.08. The van der Waals surface area contributed by atoms with E-state index in [9.17, 15) is 0 Å². The van der Waals surface area contributed by atoms with Crippen LogP contribution in [0.1, 0.15) is 26.2 Å². The summed E-state index contributed by atoms with van der Waals surface area (Å²) in [5.41, 5.74) is 0. The first-order valence-corrected chi connectivity index (χ1v) is 8.05. The molecule has 0 aromatic heterocycles. The Morgan fingerprint density at radius 2 is 2.00 bits per heavy atom. The van der Waals surface area contributed by atoms with Crippen molar-refractivity contribution in [3.05, 3.63) is 0 Å². The third-order valence-electron chi connectivity index (χ3n) is 2.02. The van der Waals surface area contributed by atoms with Gasteiger partial charge in [-0.15, -0.1) is 0 Å². The summed E-state index contributed by atoms with van der Waals surface area (Å²) < 4.78 is 16.4. The largest absolute Gasteiger partial charge is 0.381 e. The summed E-state index contributed by atoms with van der Waals surface area (Å²) in [6.45, 7) is 3.21. The molecule has 3 nitrogen and oxygen atoms in total. The van der Waals surface area contributed by atoms with Crippen molar-refractivity contribution in [1.29, 1.82) is 0 Å². The lowest BCUT2D eigenvalue weighted by Gasteiger charge is -2.26. The standard InChI is InChI=1S/C9H19O3PS/c1-2-3-5-10-8-9-13(14)11-6-4-7-12-13/h2-9H2,1H3. The van der Waals surface area contributed by atoms with Crippen LogP contribution >= 0.6 is 6.49 Å². The van der Waals surface area contributed by atoms with E-state index in [1.165, 1.54) is 6.42 Å². The van der Waals surface area contributed by atoms with Crippen LogP contribution in [0.5, 0.6) is 0 Å². The molecule has 0 spiro atoms. The minimum Gasteiger partial charge on any atom is -0.381 e. The molecule has 5 heteroatoms. The molecule has 1 rings (SSSR count). The van der Waals surface area contributed by atoms with Crippen molar-refractivity contribution >= 4 is 18.3 Å². The lowest BCUT2D eigenvalue weighted by molar-refractivity contribution is 0.133. The van der Waals surface area contributed by atoms with E-state index in [1.807, 2.05) is 0 Å². The Balaban J connectivity index is 2.07. The fraction of sp³-hybridized carbons (Fsp3) is 1.00. The van der Waals surface area contributed by atoms with Crippen LogP contribution in [0.3, 0.4) is 0 Å². The van der Waals surface area contributed by atoms with Crippen molar-refractivity contribution in [2.45, 2.75) is 26.2 Å². The Kier molecular flexibility index (Phi) is 6.22. The first kappa shape index (κ1) is 12.6. The second-order valence-electron chi connectivity index (χ2n) is 3.32. The molecule has 0 bridgehead atoms. The third kappa shape index (κ3) is 4.85. The zero-order valence-corrected chi connectivity index (χ0v) is 10.4. The fourth-order valence-corrected chi connectivity index (χ4v) is 3.33. The van der Waals surface area contributed by atoms with Crippen molar-refractivity contribution < 1.29 is 13.8 Å². The summed E-state index contributed by atoms with van der Waals surface area (Å²) in [5.74, 6) is 0. The minimum absolute atomic E-state index is 0.678. The molecule has 1 heterocycles. The SMILES string of the molecule is CCCCOCCP1(=S)OCCCO1. The van der Waals surface area contributed by atoms with Gasteiger partial charge in [0, 0.05) is 12.8 Å². The van der Waals surface area contributed by atoms with Crippen LogP contribution in [0.15, 0.2) is 0 Å². The molecule has 0 N–H and O–H groups in total. The zero-order valence-electron chi connectivity index (χ0n) is 8.74. The molecule has 1 fully saturated rings. The number of unbranched alkanes of at least 4 members (excludes halogenated alkanes) is 1. The van der Waals surface area contributed by atoms with E-state index >= 15 is 0 Å². The van der Waals surface area contributed by atoms with Crippen LogP contribution in [0.2, 0.25) is 0 Å². The molecule has 1 aliphatic heterocycles. The van der Waals surface area contributed by atoms with Crippen LogP contribution in [-0.4, -0.2) is 32.6 Å². The van der Waals surface area contributed by atoms with Crippen molar-refractivity contribution in [1.82, 2.24) is 0 Å². The van der Waals surface area contributed by atoms with Crippen molar-refractivity contribution in [3.63, 3.8) is 0 Å². The van der Waals surface area contributed by atoms with Gasteiger partial charge < -0.3 is 13.8 Å². The first-order chi connectivity index (χ1) is 6.77. The van der Waals surface area contributed by atoms with E-state index < -0.39 is 6.49 Å². The van der Waals surface area contributed by atoms with Crippen LogP contribution in [0, 0.1) is 0 Å². The van der Waals surface area contributed by atoms with Gasteiger partial charge in [-0.2, -0.15) is 0 Å². The maximum absolute atomic E-state index is 5.50. The molecule has 84 valence electrons. The summed E-state index contributed by atoms with van der Waals surface area (Å²) in [5, 5.41) is 0. The highest BCUT2D eigenvalue weighted by Crippen LogP contribution is 2.50. The molecule has 0 aliphatic carbocycles. The molecule has 0 atom stereocenters. The summed E-state index contributed by atoms with van der Waals surface area (Å²) in [7, 11) is 0. The van der Waals surface area contributed by atoms with E-state index in [-0.39, 0.29) is 0 Å². The maximum atomic E-state index is 5.50. The summed E-state index contributed by atoms with van der Waals surface area (Å²) in [4.78, 5) is 0. The normalized spacial score (nSPS) is 20.9. The number of hydrogen-bond acceptors (Lipinski definition) is 4. The summed E-state index contributed by atoms with van der Waals surface area (Å²) >= 11 is 5.32. The zero-order chi connectivity index (χ0) is 10.3.